The van der Waals surface area contributed by atoms with Gasteiger partial charge in [0.1, 0.15) is 11.9 Å². The Labute approximate surface area is 126 Å². The summed E-state index contributed by atoms with van der Waals surface area (Å²) in [4.78, 5) is 13.6. The summed E-state index contributed by atoms with van der Waals surface area (Å²) in [5.74, 6) is -0.888. The van der Waals surface area contributed by atoms with E-state index in [2.05, 4.69) is 4.98 Å². The first kappa shape index (κ1) is 13.3. The quantitative estimate of drug-likeness (QED) is 0.667. The fraction of sp³-hybridized carbons (Fsp3) is 0.0714. The molecule has 3 rings (SSSR count). The van der Waals surface area contributed by atoms with Gasteiger partial charge in [0.2, 0.25) is 0 Å². The van der Waals surface area contributed by atoms with Crippen molar-refractivity contribution in [2.24, 2.45) is 0 Å². The molecule has 1 heterocycles. The van der Waals surface area contributed by atoms with Crippen molar-refractivity contribution >= 4 is 33.7 Å². The number of H-pyrrole nitrogens is 1. The Balaban J connectivity index is 2.06. The monoisotopic (exact) mass is 385 g/mol. The number of halogens is 2. The number of fused-ring (bicyclic) bond motifs is 1. The van der Waals surface area contributed by atoms with Crippen LogP contribution in [0.4, 0.5) is 4.39 Å². The third-order valence-electron chi connectivity index (χ3n) is 3.02. The number of aliphatic hydroxyl groups excluding tert-OH is 1. The van der Waals surface area contributed by atoms with Crippen LogP contribution in [-0.2, 0) is 0 Å². The number of nitrogens with one attached hydrogen (secondary N) is 1. The smallest absolute Gasteiger partial charge is 0.408 e. The van der Waals surface area contributed by atoms with Crippen molar-refractivity contribution in [2.75, 3.05) is 0 Å². The molecule has 6 heteroatoms. The lowest BCUT2D eigenvalue weighted by atomic mass is 10.0. The summed E-state index contributed by atoms with van der Waals surface area (Å²) < 4.78 is 18.7. The van der Waals surface area contributed by atoms with E-state index >= 15 is 0 Å². The van der Waals surface area contributed by atoms with Crippen molar-refractivity contribution in [2.45, 2.75) is 6.10 Å². The molecule has 1 aromatic heterocycles. The van der Waals surface area contributed by atoms with E-state index in [1.807, 2.05) is 22.6 Å². The SMILES string of the molecule is O=c1[nH]c2ccc(C(O)c3ccc(F)cc3I)cc2o1. The molecular formula is C14H9FINO3. The lowest BCUT2D eigenvalue weighted by Gasteiger charge is -2.13. The van der Waals surface area contributed by atoms with Gasteiger partial charge in [-0.2, -0.15) is 0 Å². The molecule has 1 atom stereocenters. The van der Waals surface area contributed by atoms with E-state index in [4.69, 9.17) is 4.42 Å². The van der Waals surface area contributed by atoms with Crippen LogP contribution in [0.5, 0.6) is 0 Å². The Hall–Kier alpha value is -1.67. The van der Waals surface area contributed by atoms with Gasteiger partial charge in [0.05, 0.1) is 5.52 Å². The molecule has 1 unspecified atom stereocenters. The van der Waals surface area contributed by atoms with Crippen LogP contribution in [-0.4, -0.2) is 10.1 Å². The first-order valence-electron chi connectivity index (χ1n) is 5.80. The van der Waals surface area contributed by atoms with Gasteiger partial charge in [0, 0.05) is 3.57 Å². The summed E-state index contributed by atoms with van der Waals surface area (Å²) in [6, 6.07) is 9.15. The first-order valence-corrected chi connectivity index (χ1v) is 6.88. The van der Waals surface area contributed by atoms with E-state index in [-0.39, 0.29) is 5.82 Å². The number of benzene rings is 2. The molecule has 0 saturated heterocycles. The van der Waals surface area contributed by atoms with Crippen LogP contribution in [0.3, 0.4) is 0 Å². The van der Waals surface area contributed by atoms with Crippen molar-refractivity contribution in [3.8, 4) is 0 Å². The number of aromatic amines is 1. The van der Waals surface area contributed by atoms with Crippen molar-refractivity contribution in [3.63, 3.8) is 0 Å². The van der Waals surface area contributed by atoms with Gasteiger partial charge in [0.25, 0.3) is 0 Å². The molecule has 0 radical (unpaired) electrons. The highest BCUT2D eigenvalue weighted by molar-refractivity contribution is 14.1. The Kier molecular flexibility index (Phi) is 3.35. The van der Waals surface area contributed by atoms with E-state index in [0.29, 0.717) is 25.8 Å². The molecule has 2 N–H and O–H groups in total. The van der Waals surface area contributed by atoms with Crippen molar-refractivity contribution in [3.05, 3.63) is 67.5 Å². The molecule has 0 fully saturated rings. The Morgan fingerprint density at radius 1 is 1.25 bits per heavy atom. The van der Waals surface area contributed by atoms with Gasteiger partial charge in [0.15, 0.2) is 5.58 Å². The molecule has 0 spiro atoms. The summed E-state index contributed by atoms with van der Waals surface area (Å²) >= 11 is 1.97. The van der Waals surface area contributed by atoms with Crippen LogP contribution in [0.25, 0.3) is 11.1 Å². The van der Waals surface area contributed by atoms with Gasteiger partial charge in [-0.1, -0.05) is 12.1 Å². The van der Waals surface area contributed by atoms with Gasteiger partial charge < -0.3 is 9.52 Å². The van der Waals surface area contributed by atoms with E-state index in [1.165, 1.54) is 12.1 Å². The third-order valence-corrected chi connectivity index (χ3v) is 3.95. The molecule has 0 aliphatic carbocycles. The van der Waals surface area contributed by atoms with E-state index in [0.717, 1.165) is 0 Å². The van der Waals surface area contributed by atoms with E-state index in [9.17, 15) is 14.3 Å². The zero-order chi connectivity index (χ0) is 14.3. The van der Waals surface area contributed by atoms with Gasteiger partial charge >= 0.3 is 5.76 Å². The Morgan fingerprint density at radius 2 is 2.05 bits per heavy atom. The maximum atomic E-state index is 13.1. The van der Waals surface area contributed by atoms with Crippen LogP contribution in [0.2, 0.25) is 0 Å². The highest BCUT2D eigenvalue weighted by Gasteiger charge is 2.15. The van der Waals surface area contributed by atoms with Crippen LogP contribution >= 0.6 is 22.6 Å². The maximum absolute atomic E-state index is 13.1. The van der Waals surface area contributed by atoms with Crippen molar-refractivity contribution in [1.82, 2.24) is 4.98 Å². The Morgan fingerprint density at radius 3 is 2.80 bits per heavy atom. The van der Waals surface area contributed by atoms with E-state index < -0.39 is 11.9 Å². The molecule has 0 amide bonds. The minimum absolute atomic E-state index is 0.350. The average molecular weight is 385 g/mol. The highest BCUT2D eigenvalue weighted by atomic mass is 127. The molecule has 0 aliphatic rings. The standard InChI is InChI=1S/C14H9FINO3/c15-8-2-3-9(10(16)6-8)13(18)7-1-4-11-12(5-7)20-14(19)17-11/h1-6,13,18H,(H,17,19). The van der Waals surface area contributed by atoms with Crippen molar-refractivity contribution in [1.29, 1.82) is 0 Å². The zero-order valence-corrected chi connectivity index (χ0v) is 12.2. The number of rotatable bonds is 2. The predicted octanol–water partition coefficient (Wildman–Crippen LogP) is 2.95. The second-order valence-electron chi connectivity index (χ2n) is 4.34. The predicted molar refractivity (Wildman–Crippen MR) is 80.0 cm³/mol. The normalized spacial score (nSPS) is 12.8. The number of hydrogen-bond acceptors (Lipinski definition) is 3. The maximum Gasteiger partial charge on any atom is 0.417 e. The number of hydrogen-bond donors (Lipinski definition) is 2. The average Bonchev–Trinajstić information content (AvgIpc) is 2.77. The minimum Gasteiger partial charge on any atom is -0.408 e. The number of oxazole rings is 1. The second kappa shape index (κ2) is 5.02. The van der Waals surface area contributed by atoms with Gasteiger partial charge in [-0.25, -0.2) is 9.18 Å². The topological polar surface area (TPSA) is 66.2 Å². The largest absolute Gasteiger partial charge is 0.417 e. The van der Waals surface area contributed by atoms with Gasteiger partial charge in [-0.05, 0) is 58.0 Å². The lowest BCUT2D eigenvalue weighted by molar-refractivity contribution is 0.219. The number of aliphatic hydroxyl groups is 1. The molecule has 0 saturated carbocycles. The molecular weight excluding hydrogens is 376 g/mol. The molecule has 3 aromatic rings. The molecule has 4 nitrogen and oxygen atoms in total. The fourth-order valence-electron chi connectivity index (χ4n) is 2.03. The number of aromatic nitrogens is 1. The van der Waals surface area contributed by atoms with Crippen LogP contribution < -0.4 is 5.76 Å². The van der Waals surface area contributed by atoms with Gasteiger partial charge in [-0.15, -0.1) is 0 Å². The van der Waals surface area contributed by atoms with Crippen LogP contribution in [0.15, 0.2) is 45.6 Å². The summed E-state index contributed by atoms with van der Waals surface area (Å²) in [5.41, 5.74) is 2.12. The minimum atomic E-state index is -0.910. The summed E-state index contributed by atoms with van der Waals surface area (Å²) in [6.07, 6.45) is -0.910. The molecule has 20 heavy (non-hydrogen) atoms. The first-order chi connectivity index (χ1) is 9.54. The lowest BCUT2D eigenvalue weighted by Crippen LogP contribution is -2.02. The molecule has 0 aliphatic heterocycles. The molecule has 0 bridgehead atoms. The zero-order valence-electron chi connectivity index (χ0n) is 10.1. The van der Waals surface area contributed by atoms with Crippen LogP contribution in [0, 0.1) is 9.39 Å². The van der Waals surface area contributed by atoms with Gasteiger partial charge in [-0.3, -0.25) is 4.98 Å². The van der Waals surface area contributed by atoms with Crippen molar-refractivity contribution < 1.29 is 13.9 Å². The van der Waals surface area contributed by atoms with Crippen LogP contribution in [0.1, 0.15) is 17.2 Å². The summed E-state index contributed by atoms with van der Waals surface area (Å²) in [7, 11) is 0. The molecule has 2 aromatic carbocycles. The van der Waals surface area contributed by atoms with E-state index in [1.54, 1.807) is 24.3 Å². The fourth-order valence-corrected chi connectivity index (χ4v) is 2.81. The molecule has 102 valence electrons. The second-order valence-corrected chi connectivity index (χ2v) is 5.50. The Bertz CT molecular complexity index is 840. The third kappa shape index (κ3) is 2.36. The highest BCUT2D eigenvalue weighted by Crippen LogP contribution is 2.28. The summed E-state index contributed by atoms with van der Waals surface area (Å²) in [5, 5.41) is 10.4. The summed E-state index contributed by atoms with van der Waals surface area (Å²) in [6.45, 7) is 0.